The number of methoxy groups -OCH3 is 1. The highest BCUT2D eigenvalue weighted by Gasteiger charge is 2.04. The van der Waals surface area contributed by atoms with Gasteiger partial charge in [0.2, 0.25) is 0 Å². The van der Waals surface area contributed by atoms with E-state index in [0.29, 0.717) is 6.04 Å². The number of ether oxygens (including phenoxy) is 1. The van der Waals surface area contributed by atoms with Gasteiger partial charge in [-0.1, -0.05) is 28.1 Å². The molecule has 1 aromatic rings. The summed E-state index contributed by atoms with van der Waals surface area (Å²) < 4.78 is 6.17. The Morgan fingerprint density at radius 2 is 1.95 bits per heavy atom. The number of halogens is 1. The van der Waals surface area contributed by atoms with Crippen LogP contribution in [0.15, 0.2) is 28.7 Å². The first kappa shape index (κ1) is 18.6. The Morgan fingerprint density at radius 1 is 1.35 bits per heavy atom. The molecule has 6 nitrogen and oxygen atoms in total. The van der Waals surface area contributed by atoms with Crippen molar-refractivity contribution in [2.24, 2.45) is 0 Å². The molecular weight excluding hydrogens is 330 g/mol. The normalized spacial score (nSPS) is 11.2. The van der Waals surface area contributed by atoms with Gasteiger partial charge in [-0.25, -0.2) is 9.59 Å². The zero-order chi connectivity index (χ0) is 15.5. The molecule has 0 bridgehead atoms. The summed E-state index contributed by atoms with van der Waals surface area (Å²) in [6.07, 6.45) is 0. The van der Waals surface area contributed by atoms with E-state index in [-0.39, 0.29) is 0 Å². The molecular formula is C13H18BrNO5. The molecule has 0 radical (unpaired) electrons. The van der Waals surface area contributed by atoms with E-state index in [1.165, 1.54) is 5.56 Å². The van der Waals surface area contributed by atoms with Crippen molar-refractivity contribution >= 4 is 27.9 Å². The highest BCUT2D eigenvalue weighted by molar-refractivity contribution is 9.10. The molecule has 0 saturated heterocycles. The molecule has 1 unspecified atom stereocenters. The van der Waals surface area contributed by atoms with Gasteiger partial charge in [0.05, 0.1) is 6.61 Å². The van der Waals surface area contributed by atoms with Crippen LogP contribution in [0.2, 0.25) is 0 Å². The van der Waals surface area contributed by atoms with Gasteiger partial charge in [-0.3, -0.25) is 0 Å². The van der Waals surface area contributed by atoms with Gasteiger partial charge in [0, 0.05) is 24.2 Å². The number of carbonyl (C=O) groups is 2. The summed E-state index contributed by atoms with van der Waals surface area (Å²) >= 11 is 3.45. The number of carboxylic acid groups (broad SMARTS) is 2. The summed E-state index contributed by atoms with van der Waals surface area (Å²) in [6, 6.07) is 8.69. The molecule has 0 aliphatic heterocycles. The number of hydrogen-bond donors (Lipinski definition) is 3. The summed E-state index contributed by atoms with van der Waals surface area (Å²) in [5, 5.41) is 18.2. The van der Waals surface area contributed by atoms with Crippen molar-refractivity contribution in [2.75, 3.05) is 13.7 Å². The van der Waals surface area contributed by atoms with Crippen molar-refractivity contribution in [1.29, 1.82) is 0 Å². The summed E-state index contributed by atoms with van der Waals surface area (Å²) in [6.45, 7) is 3.74. The SMILES string of the molecule is COCC(C)NCc1cccc(Br)c1.O=C(O)C(=O)O. The van der Waals surface area contributed by atoms with Crippen molar-refractivity contribution in [3.63, 3.8) is 0 Å². The second-order valence-electron chi connectivity index (χ2n) is 3.98. The van der Waals surface area contributed by atoms with Crippen LogP contribution in [0, 0.1) is 0 Å². The maximum absolute atomic E-state index is 9.10. The van der Waals surface area contributed by atoms with Gasteiger partial charge in [0.1, 0.15) is 0 Å². The van der Waals surface area contributed by atoms with Crippen LogP contribution in [0.3, 0.4) is 0 Å². The van der Waals surface area contributed by atoms with Gasteiger partial charge in [0.15, 0.2) is 0 Å². The van der Waals surface area contributed by atoms with Crippen molar-refractivity contribution in [1.82, 2.24) is 5.32 Å². The minimum absolute atomic E-state index is 0.388. The number of carboxylic acids is 2. The van der Waals surface area contributed by atoms with Gasteiger partial charge >= 0.3 is 11.9 Å². The second kappa shape index (κ2) is 10.4. The molecule has 1 atom stereocenters. The minimum Gasteiger partial charge on any atom is -0.473 e. The van der Waals surface area contributed by atoms with E-state index in [2.05, 4.69) is 40.3 Å². The molecule has 7 heteroatoms. The molecule has 20 heavy (non-hydrogen) atoms. The van der Waals surface area contributed by atoms with Crippen LogP contribution < -0.4 is 5.32 Å². The van der Waals surface area contributed by atoms with Crippen LogP contribution in [0.5, 0.6) is 0 Å². The van der Waals surface area contributed by atoms with Crippen molar-refractivity contribution < 1.29 is 24.5 Å². The fourth-order valence-electron chi connectivity index (χ4n) is 1.25. The fourth-order valence-corrected chi connectivity index (χ4v) is 1.69. The molecule has 0 heterocycles. The van der Waals surface area contributed by atoms with Crippen LogP contribution in [0.1, 0.15) is 12.5 Å². The van der Waals surface area contributed by atoms with Crippen molar-refractivity contribution in [3.05, 3.63) is 34.3 Å². The fraction of sp³-hybridized carbons (Fsp3) is 0.385. The average Bonchev–Trinajstić information content (AvgIpc) is 2.37. The molecule has 0 aliphatic rings. The maximum atomic E-state index is 9.10. The molecule has 112 valence electrons. The predicted molar refractivity (Wildman–Crippen MR) is 77.6 cm³/mol. The molecule has 1 rings (SSSR count). The van der Waals surface area contributed by atoms with Crippen LogP contribution in [-0.4, -0.2) is 41.9 Å². The van der Waals surface area contributed by atoms with Gasteiger partial charge in [-0.05, 0) is 24.6 Å². The van der Waals surface area contributed by atoms with E-state index < -0.39 is 11.9 Å². The maximum Gasteiger partial charge on any atom is 0.414 e. The Bertz CT molecular complexity index is 427. The average molecular weight is 348 g/mol. The third-order valence-corrected chi connectivity index (χ3v) is 2.64. The Hall–Kier alpha value is -1.44. The van der Waals surface area contributed by atoms with E-state index >= 15 is 0 Å². The highest BCUT2D eigenvalue weighted by Crippen LogP contribution is 2.11. The Labute approximate surface area is 125 Å². The van der Waals surface area contributed by atoms with E-state index in [1.54, 1.807) is 7.11 Å². The number of hydrogen-bond acceptors (Lipinski definition) is 4. The lowest BCUT2D eigenvalue weighted by Crippen LogP contribution is -2.29. The summed E-state index contributed by atoms with van der Waals surface area (Å²) in [5.41, 5.74) is 1.28. The molecule has 1 aromatic carbocycles. The van der Waals surface area contributed by atoms with Crippen LogP contribution in [-0.2, 0) is 20.9 Å². The Morgan fingerprint density at radius 3 is 2.40 bits per heavy atom. The van der Waals surface area contributed by atoms with Crippen LogP contribution in [0.4, 0.5) is 0 Å². The van der Waals surface area contributed by atoms with Crippen LogP contribution >= 0.6 is 15.9 Å². The van der Waals surface area contributed by atoms with E-state index in [4.69, 9.17) is 24.5 Å². The van der Waals surface area contributed by atoms with E-state index in [0.717, 1.165) is 17.6 Å². The lowest BCUT2D eigenvalue weighted by molar-refractivity contribution is -0.159. The monoisotopic (exact) mass is 347 g/mol. The lowest BCUT2D eigenvalue weighted by Gasteiger charge is -2.12. The quantitative estimate of drug-likeness (QED) is 0.702. The van der Waals surface area contributed by atoms with Gasteiger partial charge in [0.25, 0.3) is 0 Å². The number of benzene rings is 1. The smallest absolute Gasteiger partial charge is 0.414 e. The third-order valence-electron chi connectivity index (χ3n) is 2.14. The first-order chi connectivity index (χ1) is 9.36. The second-order valence-corrected chi connectivity index (χ2v) is 4.89. The van der Waals surface area contributed by atoms with Gasteiger partial charge < -0.3 is 20.3 Å². The summed E-state index contributed by atoms with van der Waals surface area (Å²) in [4.78, 5) is 18.2. The van der Waals surface area contributed by atoms with E-state index in [1.807, 2.05) is 12.1 Å². The van der Waals surface area contributed by atoms with Crippen molar-refractivity contribution in [3.8, 4) is 0 Å². The van der Waals surface area contributed by atoms with Gasteiger partial charge in [-0.15, -0.1) is 0 Å². The molecule has 0 spiro atoms. The predicted octanol–water partition coefficient (Wildman–Crippen LogP) is 1.73. The third kappa shape index (κ3) is 9.48. The van der Waals surface area contributed by atoms with E-state index in [9.17, 15) is 0 Å². The zero-order valence-electron chi connectivity index (χ0n) is 11.3. The molecule has 0 aromatic heterocycles. The topological polar surface area (TPSA) is 95.9 Å². The first-order valence-electron chi connectivity index (χ1n) is 5.79. The molecule has 0 amide bonds. The summed E-state index contributed by atoms with van der Waals surface area (Å²) in [5.74, 6) is -3.65. The van der Waals surface area contributed by atoms with Crippen molar-refractivity contribution in [2.45, 2.75) is 19.5 Å². The number of nitrogens with one attached hydrogen (secondary N) is 1. The zero-order valence-corrected chi connectivity index (χ0v) is 12.9. The first-order valence-corrected chi connectivity index (χ1v) is 6.59. The standard InChI is InChI=1S/C11H16BrNO.C2H2O4/c1-9(8-14-2)13-7-10-4-3-5-11(12)6-10;3-1(4)2(5)6/h3-6,9,13H,7-8H2,1-2H3;(H,3,4)(H,5,6). The minimum atomic E-state index is -1.82. The Kier molecular flexibility index (Phi) is 9.61. The molecule has 3 N–H and O–H groups in total. The van der Waals surface area contributed by atoms with Gasteiger partial charge in [-0.2, -0.15) is 0 Å². The number of aliphatic carboxylic acids is 2. The molecule has 0 aliphatic carbocycles. The largest absolute Gasteiger partial charge is 0.473 e. The molecule has 0 saturated carbocycles. The van der Waals surface area contributed by atoms with Crippen LogP contribution in [0.25, 0.3) is 0 Å². The lowest BCUT2D eigenvalue weighted by atomic mass is 10.2. The summed E-state index contributed by atoms with van der Waals surface area (Å²) in [7, 11) is 1.72. The molecule has 0 fully saturated rings. The Balaban J connectivity index is 0.000000511. The highest BCUT2D eigenvalue weighted by atomic mass is 79.9. The number of rotatable bonds is 5.